The van der Waals surface area contributed by atoms with Gasteiger partial charge in [-0.1, -0.05) is 0 Å². The number of hydrogen-bond acceptors (Lipinski definition) is 3. The van der Waals surface area contributed by atoms with Crippen molar-refractivity contribution >= 4 is 17.7 Å². The second-order valence-corrected chi connectivity index (χ2v) is 4.41. The van der Waals surface area contributed by atoms with Crippen LogP contribution < -0.4 is 11.5 Å². The minimum absolute atomic E-state index is 0.278. The van der Waals surface area contributed by atoms with Crippen LogP contribution in [0.15, 0.2) is 0 Å². The number of carbonyl (C=O) groups excluding carboxylic acids is 1. The highest BCUT2D eigenvalue weighted by atomic mass is 32.2. The Hall–Kier alpha value is -0.220. The van der Waals surface area contributed by atoms with E-state index in [9.17, 15) is 4.79 Å². The molecule has 1 aliphatic rings. The van der Waals surface area contributed by atoms with Crippen molar-refractivity contribution in [1.82, 2.24) is 0 Å². The molecule has 0 aromatic carbocycles. The molecule has 4 N–H and O–H groups in total. The molecule has 0 spiro atoms. The minimum Gasteiger partial charge on any atom is -0.370 e. The van der Waals surface area contributed by atoms with E-state index in [4.69, 9.17) is 11.5 Å². The van der Waals surface area contributed by atoms with Crippen LogP contribution in [0, 0.1) is 0 Å². The monoisotopic (exact) mass is 174 g/mol. The summed E-state index contributed by atoms with van der Waals surface area (Å²) >= 11 is 1.81. The van der Waals surface area contributed by atoms with E-state index in [-0.39, 0.29) is 11.4 Å². The van der Waals surface area contributed by atoms with Gasteiger partial charge in [-0.05, 0) is 19.1 Å². The number of amides is 1. The van der Waals surface area contributed by atoms with E-state index in [1.165, 1.54) is 0 Å². The molecule has 3 nitrogen and oxygen atoms in total. The summed E-state index contributed by atoms with van der Waals surface area (Å²) in [6, 6.07) is 0. The lowest BCUT2D eigenvalue weighted by molar-refractivity contribution is -0.119. The molecule has 11 heavy (non-hydrogen) atoms. The summed E-state index contributed by atoms with van der Waals surface area (Å²) in [6.45, 7) is 0. The topological polar surface area (TPSA) is 69.1 Å². The maximum atomic E-state index is 10.5. The number of carbonyl (C=O) groups is 1. The van der Waals surface area contributed by atoms with E-state index in [1.54, 1.807) is 0 Å². The summed E-state index contributed by atoms with van der Waals surface area (Å²) in [5.74, 6) is -0.285. The Morgan fingerprint density at radius 3 is 2.64 bits per heavy atom. The van der Waals surface area contributed by atoms with Gasteiger partial charge >= 0.3 is 0 Å². The molecule has 0 saturated heterocycles. The van der Waals surface area contributed by atoms with E-state index < -0.39 is 0 Å². The first-order chi connectivity index (χ1) is 5.06. The lowest BCUT2D eigenvalue weighted by Crippen LogP contribution is -2.55. The van der Waals surface area contributed by atoms with Crippen LogP contribution in [0.5, 0.6) is 0 Å². The number of nitrogens with two attached hydrogens (primary N) is 2. The summed E-state index contributed by atoms with van der Waals surface area (Å²) in [6.07, 6.45) is 4.26. The van der Waals surface area contributed by atoms with Crippen LogP contribution in [-0.2, 0) is 4.79 Å². The molecule has 1 amide bonds. The molecule has 0 unspecified atom stereocenters. The zero-order valence-electron chi connectivity index (χ0n) is 6.67. The van der Waals surface area contributed by atoms with Crippen molar-refractivity contribution in [2.75, 3.05) is 6.26 Å². The van der Waals surface area contributed by atoms with E-state index in [1.807, 2.05) is 11.8 Å². The van der Waals surface area contributed by atoms with Crippen LogP contribution in [0.25, 0.3) is 0 Å². The Balaban J connectivity index is 2.31. The fourth-order valence-electron chi connectivity index (χ4n) is 1.51. The van der Waals surface area contributed by atoms with Crippen molar-refractivity contribution < 1.29 is 4.79 Å². The molecule has 0 radical (unpaired) electrons. The molecule has 0 aromatic rings. The van der Waals surface area contributed by atoms with Gasteiger partial charge in [0.1, 0.15) is 0 Å². The maximum absolute atomic E-state index is 10.5. The molecular formula is C7H14N2OS. The Morgan fingerprint density at radius 2 is 2.27 bits per heavy atom. The highest BCUT2D eigenvalue weighted by Gasteiger charge is 2.41. The number of thioether (sulfide) groups is 1. The summed E-state index contributed by atoms with van der Waals surface area (Å²) in [4.78, 5) is 10.5. The van der Waals surface area contributed by atoms with Crippen molar-refractivity contribution in [2.45, 2.75) is 30.1 Å². The van der Waals surface area contributed by atoms with Crippen LogP contribution >= 0.6 is 11.8 Å². The molecule has 4 heteroatoms. The van der Waals surface area contributed by atoms with Crippen LogP contribution in [0.4, 0.5) is 0 Å². The first kappa shape index (κ1) is 8.87. The van der Waals surface area contributed by atoms with Gasteiger partial charge in [0.15, 0.2) is 0 Å². The van der Waals surface area contributed by atoms with Gasteiger partial charge in [0.2, 0.25) is 5.91 Å². The lowest BCUT2D eigenvalue weighted by Gasteiger charge is -2.43. The number of hydrogen-bond donors (Lipinski definition) is 2. The van der Waals surface area contributed by atoms with E-state index >= 15 is 0 Å². The molecule has 1 saturated carbocycles. The first-order valence-electron chi connectivity index (χ1n) is 3.66. The summed E-state index contributed by atoms with van der Waals surface area (Å²) < 4.78 is 0. The van der Waals surface area contributed by atoms with Gasteiger partial charge in [-0.25, -0.2) is 0 Å². The fourth-order valence-corrected chi connectivity index (χ4v) is 2.50. The Bertz CT molecular complexity index is 166. The van der Waals surface area contributed by atoms with Gasteiger partial charge in [-0.15, -0.1) is 0 Å². The molecule has 0 aliphatic heterocycles. The molecule has 1 aliphatic carbocycles. The Kier molecular flexibility index (Phi) is 2.44. The predicted molar refractivity (Wildman–Crippen MR) is 47.3 cm³/mol. The SMILES string of the molecule is CSC1CC(N)(CC(N)=O)C1. The Morgan fingerprint density at radius 1 is 1.73 bits per heavy atom. The summed E-state index contributed by atoms with van der Waals surface area (Å²) in [7, 11) is 0. The number of primary amides is 1. The van der Waals surface area contributed by atoms with E-state index in [2.05, 4.69) is 6.26 Å². The first-order valence-corrected chi connectivity index (χ1v) is 4.94. The fraction of sp³-hybridized carbons (Fsp3) is 0.857. The third-order valence-corrected chi connectivity index (χ3v) is 3.13. The van der Waals surface area contributed by atoms with Gasteiger partial charge in [0.25, 0.3) is 0 Å². The largest absolute Gasteiger partial charge is 0.370 e. The van der Waals surface area contributed by atoms with Crippen molar-refractivity contribution in [3.05, 3.63) is 0 Å². The maximum Gasteiger partial charge on any atom is 0.219 e. The van der Waals surface area contributed by atoms with E-state index in [0.29, 0.717) is 11.7 Å². The van der Waals surface area contributed by atoms with Crippen LogP contribution in [0.1, 0.15) is 19.3 Å². The smallest absolute Gasteiger partial charge is 0.219 e. The van der Waals surface area contributed by atoms with Crippen molar-refractivity contribution in [2.24, 2.45) is 11.5 Å². The quantitative estimate of drug-likeness (QED) is 0.637. The second kappa shape index (κ2) is 3.03. The molecule has 1 fully saturated rings. The predicted octanol–water partition coefficient (Wildman–Crippen LogP) is 0.0847. The van der Waals surface area contributed by atoms with Gasteiger partial charge in [-0.3, -0.25) is 4.79 Å². The molecule has 0 atom stereocenters. The van der Waals surface area contributed by atoms with Crippen LogP contribution in [0.3, 0.4) is 0 Å². The van der Waals surface area contributed by atoms with Gasteiger partial charge < -0.3 is 11.5 Å². The van der Waals surface area contributed by atoms with Gasteiger partial charge in [-0.2, -0.15) is 11.8 Å². The average molecular weight is 174 g/mol. The van der Waals surface area contributed by atoms with Gasteiger partial charge in [0, 0.05) is 17.2 Å². The Labute approximate surface area is 70.9 Å². The zero-order chi connectivity index (χ0) is 8.48. The minimum atomic E-state index is -0.285. The normalized spacial score (nSPS) is 36.4. The van der Waals surface area contributed by atoms with Crippen molar-refractivity contribution in [1.29, 1.82) is 0 Å². The second-order valence-electron chi connectivity index (χ2n) is 3.27. The molecule has 0 bridgehead atoms. The van der Waals surface area contributed by atoms with Crippen LogP contribution in [0.2, 0.25) is 0 Å². The van der Waals surface area contributed by atoms with Crippen molar-refractivity contribution in [3.63, 3.8) is 0 Å². The summed E-state index contributed by atoms with van der Waals surface area (Å²) in [5, 5.41) is 0.638. The molecular weight excluding hydrogens is 160 g/mol. The molecule has 1 rings (SSSR count). The summed E-state index contributed by atoms with van der Waals surface area (Å²) in [5.41, 5.74) is 10.6. The van der Waals surface area contributed by atoms with Crippen molar-refractivity contribution in [3.8, 4) is 0 Å². The highest BCUT2D eigenvalue weighted by molar-refractivity contribution is 7.99. The average Bonchev–Trinajstić information content (AvgIpc) is 1.80. The third kappa shape index (κ3) is 2.10. The van der Waals surface area contributed by atoms with Gasteiger partial charge in [0.05, 0.1) is 0 Å². The standard InChI is InChI=1S/C7H14N2OS/c1-11-5-2-7(9,3-5)4-6(8)10/h5H,2-4,9H2,1H3,(H2,8,10). The molecule has 0 aromatic heterocycles. The number of rotatable bonds is 3. The zero-order valence-corrected chi connectivity index (χ0v) is 7.49. The highest BCUT2D eigenvalue weighted by Crippen LogP contribution is 2.39. The molecule has 0 heterocycles. The third-order valence-electron chi connectivity index (χ3n) is 2.13. The van der Waals surface area contributed by atoms with E-state index in [0.717, 1.165) is 12.8 Å². The lowest BCUT2D eigenvalue weighted by atomic mass is 9.75. The van der Waals surface area contributed by atoms with Crippen LogP contribution in [-0.4, -0.2) is 23.0 Å². The molecule has 64 valence electrons.